The largest absolute Gasteiger partial charge is 0.314 e. The van der Waals surface area contributed by atoms with Crippen LogP contribution in [0.2, 0.25) is 0 Å². The minimum absolute atomic E-state index is 0.0248. The molecule has 2 heterocycles. The van der Waals surface area contributed by atoms with Gasteiger partial charge in [-0.05, 0) is 18.9 Å². The highest BCUT2D eigenvalue weighted by atomic mass is 16.1. The molecule has 1 saturated carbocycles. The summed E-state index contributed by atoms with van der Waals surface area (Å²) in [5.41, 5.74) is 1.12. The normalized spacial score (nSPS) is 15.6. The summed E-state index contributed by atoms with van der Waals surface area (Å²) in [5, 5.41) is 8.31. The van der Waals surface area contributed by atoms with Gasteiger partial charge in [-0.3, -0.25) is 9.48 Å². The Morgan fingerprint density at radius 2 is 2.17 bits per heavy atom. The summed E-state index contributed by atoms with van der Waals surface area (Å²) in [4.78, 5) is 11.5. The van der Waals surface area contributed by atoms with Crippen LogP contribution in [0.5, 0.6) is 0 Å². The fraction of sp³-hybridized carbons (Fsp3) is 0.462. The monoisotopic (exact) mass is 244 g/mol. The van der Waals surface area contributed by atoms with Crippen LogP contribution >= 0.6 is 0 Å². The standard InChI is InChI=1S/C13H16N4O/c18-13-6-1-2-7-16(13)8-9-17-10-12(14-15-17)11-4-3-5-11/h1-2,6-7,10-11H,3-5,8-9H2. The van der Waals surface area contributed by atoms with Crippen LogP contribution in [0.25, 0.3) is 0 Å². The lowest BCUT2D eigenvalue weighted by Gasteiger charge is -2.22. The first kappa shape index (κ1) is 11.2. The second-order valence-electron chi connectivity index (χ2n) is 4.77. The maximum Gasteiger partial charge on any atom is 0.250 e. The maximum atomic E-state index is 11.5. The molecule has 0 radical (unpaired) electrons. The van der Waals surface area contributed by atoms with Crippen molar-refractivity contribution in [3.63, 3.8) is 0 Å². The van der Waals surface area contributed by atoms with Gasteiger partial charge in [0, 0.05) is 30.9 Å². The van der Waals surface area contributed by atoms with Gasteiger partial charge in [-0.1, -0.05) is 17.7 Å². The molecule has 2 aromatic rings. The summed E-state index contributed by atoms with van der Waals surface area (Å²) < 4.78 is 3.51. The van der Waals surface area contributed by atoms with Crippen molar-refractivity contribution in [1.82, 2.24) is 19.6 Å². The van der Waals surface area contributed by atoms with E-state index in [1.807, 2.05) is 16.9 Å². The van der Waals surface area contributed by atoms with Gasteiger partial charge in [-0.25, -0.2) is 0 Å². The van der Waals surface area contributed by atoms with Gasteiger partial charge in [-0.15, -0.1) is 5.10 Å². The van der Waals surface area contributed by atoms with E-state index in [-0.39, 0.29) is 5.56 Å². The number of hydrogen-bond donors (Lipinski definition) is 0. The van der Waals surface area contributed by atoms with Gasteiger partial charge in [-0.2, -0.15) is 0 Å². The van der Waals surface area contributed by atoms with Crippen molar-refractivity contribution in [2.24, 2.45) is 0 Å². The number of pyridine rings is 1. The summed E-state index contributed by atoms with van der Waals surface area (Å²) in [6, 6.07) is 5.19. The number of rotatable bonds is 4. The highest BCUT2D eigenvalue weighted by molar-refractivity contribution is 5.05. The van der Waals surface area contributed by atoms with Crippen molar-refractivity contribution >= 4 is 0 Å². The summed E-state index contributed by atoms with van der Waals surface area (Å²) in [7, 11) is 0. The van der Waals surface area contributed by atoms with Gasteiger partial charge in [0.2, 0.25) is 0 Å². The predicted octanol–water partition coefficient (Wildman–Crippen LogP) is 1.41. The summed E-state index contributed by atoms with van der Waals surface area (Å²) in [6.45, 7) is 1.32. The van der Waals surface area contributed by atoms with E-state index >= 15 is 0 Å². The molecule has 94 valence electrons. The fourth-order valence-electron chi connectivity index (χ4n) is 2.17. The van der Waals surface area contributed by atoms with Gasteiger partial charge in [0.15, 0.2) is 0 Å². The fourth-order valence-corrected chi connectivity index (χ4v) is 2.17. The van der Waals surface area contributed by atoms with E-state index in [0.717, 1.165) is 5.69 Å². The van der Waals surface area contributed by atoms with Crippen LogP contribution in [0.4, 0.5) is 0 Å². The third-order valence-electron chi connectivity index (χ3n) is 3.55. The van der Waals surface area contributed by atoms with Crippen LogP contribution in [0.15, 0.2) is 35.4 Å². The highest BCUT2D eigenvalue weighted by Gasteiger charge is 2.22. The van der Waals surface area contributed by atoms with Crippen molar-refractivity contribution in [3.05, 3.63) is 46.6 Å². The molecule has 0 aromatic carbocycles. The van der Waals surface area contributed by atoms with Crippen LogP contribution in [0, 0.1) is 0 Å². The lowest BCUT2D eigenvalue weighted by molar-refractivity contribution is 0.410. The molecule has 1 aliphatic rings. The zero-order valence-corrected chi connectivity index (χ0v) is 10.2. The van der Waals surface area contributed by atoms with Crippen molar-refractivity contribution < 1.29 is 0 Å². The third-order valence-corrected chi connectivity index (χ3v) is 3.55. The van der Waals surface area contributed by atoms with Gasteiger partial charge >= 0.3 is 0 Å². The molecule has 5 nitrogen and oxygen atoms in total. The second kappa shape index (κ2) is 4.76. The van der Waals surface area contributed by atoms with Gasteiger partial charge in [0.1, 0.15) is 0 Å². The quantitative estimate of drug-likeness (QED) is 0.817. The molecule has 0 amide bonds. The molecule has 0 bridgehead atoms. The SMILES string of the molecule is O=c1ccccn1CCn1cc(C2CCC2)nn1. The minimum Gasteiger partial charge on any atom is -0.314 e. The number of hydrogen-bond acceptors (Lipinski definition) is 3. The molecule has 0 spiro atoms. The molecule has 0 aliphatic heterocycles. The molecule has 1 fully saturated rings. The average Bonchev–Trinajstić information content (AvgIpc) is 2.74. The molecule has 0 saturated heterocycles. The Bertz CT molecular complexity index is 582. The van der Waals surface area contributed by atoms with E-state index in [1.54, 1.807) is 22.9 Å². The van der Waals surface area contributed by atoms with Crippen molar-refractivity contribution in [2.45, 2.75) is 38.3 Å². The van der Waals surface area contributed by atoms with E-state index in [2.05, 4.69) is 10.3 Å². The first-order valence-electron chi connectivity index (χ1n) is 6.38. The highest BCUT2D eigenvalue weighted by Crippen LogP contribution is 2.34. The Morgan fingerprint density at radius 3 is 2.89 bits per heavy atom. The minimum atomic E-state index is 0.0248. The predicted molar refractivity (Wildman–Crippen MR) is 67.3 cm³/mol. The van der Waals surface area contributed by atoms with E-state index in [1.165, 1.54) is 19.3 Å². The van der Waals surface area contributed by atoms with Crippen molar-refractivity contribution in [2.75, 3.05) is 0 Å². The molecule has 1 aliphatic carbocycles. The van der Waals surface area contributed by atoms with E-state index in [4.69, 9.17) is 0 Å². The lowest BCUT2D eigenvalue weighted by Crippen LogP contribution is -2.20. The first-order chi connectivity index (χ1) is 8.83. The number of nitrogens with zero attached hydrogens (tertiary/aromatic N) is 4. The molecule has 2 aromatic heterocycles. The Kier molecular flexibility index (Phi) is 2.96. The van der Waals surface area contributed by atoms with Crippen molar-refractivity contribution in [3.8, 4) is 0 Å². The Hall–Kier alpha value is -1.91. The Labute approximate surface area is 105 Å². The van der Waals surface area contributed by atoms with E-state index in [9.17, 15) is 4.79 Å². The van der Waals surface area contributed by atoms with Crippen LogP contribution in [0.3, 0.4) is 0 Å². The first-order valence-corrected chi connectivity index (χ1v) is 6.38. The van der Waals surface area contributed by atoms with E-state index < -0.39 is 0 Å². The molecule has 0 unspecified atom stereocenters. The third kappa shape index (κ3) is 2.20. The van der Waals surface area contributed by atoms with Crippen LogP contribution < -0.4 is 5.56 Å². The molecule has 5 heteroatoms. The lowest BCUT2D eigenvalue weighted by atomic mass is 9.83. The topological polar surface area (TPSA) is 52.7 Å². The molecular formula is C13H16N4O. The zero-order valence-electron chi connectivity index (χ0n) is 10.2. The van der Waals surface area contributed by atoms with Gasteiger partial charge in [0.25, 0.3) is 5.56 Å². The van der Waals surface area contributed by atoms with Crippen LogP contribution in [-0.4, -0.2) is 19.6 Å². The molecule has 18 heavy (non-hydrogen) atoms. The van der Waals surface area contributed by atoms with E-state index in [0.29, 0.717) is 19.0 Å². The summed E-state index contributed by atoms with van der Waals surface area (Å²) in [6.07, 6.45) is 7.58. The smallest absolute Gasteiger partial charge is 0.250 e. The molecule has 0 N–H and O–H groups in total. The molecule has 0 atom stereocenters. The summed E-state index contributed by atoms with van der Waals surface area (Å²) >= 11 is 0. The number of aryl methyl sites for hydroxylation is 2. The summed E-state index contributed by atoms with van der Waals surface area (Å²) in [5.74, 6) is 0.609. The zero-order chi connectivity index (χ0) is 12.4. The molecule has 3 rings (SSSR count). The molecular weight excluding hydrogens is 228 g/mol. The van der Waals surface area contributed by atoms with Gasteiger partial charge < -0.3 is 4.57 Å². The van der Waals surface area contributed by atoms with Gasteiger partial charge in [0.05, 0.1) is 12.2 Å². The van der Waals surface area contributed by atoms with Crippen LogP contribution in [0.1, 0.15) is 30.9 Å². The average molecular weight is 244 g/mol. The maximum absolute atomic E-state index is 11.5. The number of aromatic nitrogens is 4. The Morgan fingerprint density at radius 1 is 1.28 bits per heavy atom. The second-order valence-corrected chi connectivity index (χ2v) is 4.77. The Balaban J connectivity index is 1.64. The van der Waals surface area contributed by atoms with Crippen LogP contribution in [-0.2, 0) is 13.1 Å². The van der Waals surface area contributed by atoms with Crippen molar-refractivity contribution in [1.29, 1.82) is 0 Å².